The standard InChI is InChI=1S/C18H34O2.C13H24O2/c1-3-4-5-6-7-8-9-10-11-12-13-14-15-16-17-20-18(2)19;1-3-4-5-6-7-8-9-10-11-12-15-13(2)14/h12-13H,3-11,14-17H2,1-2H3;4-5H,3,6-12H2,1-2H3/b13-12-;5-4-. The van der Waals surface area contributed by atoms with Crippen LogP contribution in [0.4, 0.5) is 0 Å². The number of rotatable bonds is 23. The Morgan fingerprint density at radius 2 is 0.829 bits per heavy atom. The molecule has 0 amide bonds. The normalized spacial score (nSPS) is 11.0. The van der Waals surface area contributed by atoms with Crippen LogP contribution in [0.15, 0.2) is 24.3 Å². The fourth-order valence-corrected chi connectivity index (χ4v) is 3.61. The summed E-state index contributed by atoms with van der Waals surface area (Å²) in [6.45, 7) is 8.50. The van der Waals surface area contributed by atoms with Crippen molar-refractivity contribution in [1.29, 1.82) is 0 Å². The van der Waals surface area contributed by atoms with Crippen molar-refractivity contribution in [3.05, 3.63) is 24.3 Å². The summed E-state index contributed by atoms with van der Waals surface area (Å²) in [5, 5.41) is 0. The molecule has 4 heteroatoms. The summed E-state index contributed by atoms with van der Waals surface area (Å²) in [6, 6.07) is 0. The first kappa shape index (κ1) is 35.6. The van der Waals surface area contributed by atoms with Gasteiger partial charge in [-0.1, -0.05) is 102 Å². The molecular weight excluding hydrogens is 436 g/mol. The lowest BCUT2D eigenvalue weighted by molar-refractivity contribution is -0.142. The Bertz CT molecular complexity index is 496. The molecule has 0 heterocycles. The van der Waals surface area contributed by atoms with E-state index in [4.69, 9.17) is 9.47 Å². The van der Waals surface area contributed by atoms with Gasteiger partial charge in [0, 0.05) is 13.8 Å². The SMILES string of the molecule is CC/C=C\CCCCCCCOC(C)=O.CCCCCCCCCC/C=C\CCCCOC(C)=O. The van der Waals surface area contributed by atoms with E-state index in [0.717, 1.165) is 32.1 Å². The highest BCUT2D eigenvalue weighted by atomic mass is 16.5. The fraction of sp³-hybridized carbons (Fsp3) is 0.806. The van der Waals surface area contributed by atoms with Gasteiger partial charge >= 0.3 is 11.9 Å². The van der Waals surface area contributed by atoms with Gasteiger partial charge in [0.05, 0.1) is 13.2 Å². The van der Waals surface area contributed by atoms with Gasteiger partial charge in [0.2, 0.25) is 0 Å². The summed E-state index contributed by atoms with van der Waals surface area (Å²) in [7, 11) is 0. The maximum Gasteiger partial charge on any atom is 0.302 e. The molecule has 0 rings (SSSR count). The third kappa shape index (κ3) is 39.9. The molecular formula is C31H58O4. The number of allylic oxidation sites excluding steroid dienone is 4. The predicted octanol–water partition coefficient (Wildman–Crippen LogP) is 9.66. The minimum Gasteiger partial charge on any atom is -0.466 e. The molecule has 0 bridgehead atoms. The Balaban J connectivity index is 0. The Morgan fingerprint density at radius 1 is 0.486 bits per heavy atom. The molecule has 0 aliphatic heterocycles. The highest BCUT2D eigenvalue weighted by Gasteiger charge is 1.94. The number of ether oxygens (including phenoxy) is 2. The Kier molecular flexibility index (Phi) is 33.0. The van der Waals surface area contributed by atoms with Gasteiger partial charge in [-0.2, -0.15) is 0 Å². The number of carbonyl (C=O) groups is 2. The molecule has 0 spiro atoms. The summed E-state index contributed by atoms with van der Waals surface area (Å²) in [4.78, 5) is 21.0. The zero-order chi connectivity index (χ0) is 26.2. The van der Waals surface area contributed by atoms with Crippen molar-refractivity contribution in [1.82, 2.24) is 0 Å². The molecule has 0 atom stereocenters. The molecule has 0 aliphatic rings. The van der Waals surface area contributed by atoms with Gasteiger partial charge in [0.1, 0.15) is 0 Å². The van der Waals surface area contributed by atoms with E-state index in [0.29, 0.717) is 13.2 Å². The lowest BCUT2D eigenvalue weighted by Crippen LogP contribution is -1.99. The van der Waals surface area contributed by atoms with Crippen LogP contribution in [-0.2, 0) is 19.1 Å². The second-order valence-electron chi connectivity index (χ2n) is 9.35. The van der Waals surface area contributed by atoms with Crippen molar-refractivity contribution in [2.45, 2.75) is 150 Å². The molecule has 0 aromatic carbocycles. The largest absolute Gasteiger partial charge is 0.466 e. The second kappa shape index (κ2) is 32.4. The molecule has 0 saturated carbocycles. The highest BCUT2D eigenvalue weighted by molar-refractivity contribution is 5.66. The van der Waals surface area contributed by atoms with Crippen LogP contribution in [0.1, 0.15) is 150 Å². The summed E-state index contributed by atoms with van der Waals surface area (Å²) >= 11 is 0. The smallest absolute Gasteiger partial charge is 0.302 e. The molecule has 0 radical (unpaired) electrons. The van der Waals surface area contributed by atoms with E-state index in [1.165, 1.54) is 104 Å². The lowest BCUT2D eigenvalue weighted by Gasteiger charge is -2.01. The number of carbonyl (C=O) groups excluding carboxylic acids is 2. The molecule has 206 valence electrons. The first-order chi connectivity index (χ1) is 17.0. The molecule has 0 N–H and O–H groups in total. The van der Waals surface area contributed by atoms with Gasteiger partial charge in [0.15, 0.2) is 0 Å². The van der Waals surface area contributed by atoms with Crippen molar-refractivity contribution in [2.75, 3.05) is 13.2 Å². The minimum absolute atomic E-state index is 0.167. The quantitative estimate of drug-likeness (QED) is 0.0805. The molecule has 4 nitrogen and oxygen atoms in total. The molecule has 0 aromatic rings. The first-order valence-corrected chi connectivity index (χ1v) is 14.6. The van der Waals surface area contributed by atoms with Gasteiger partial charge in [-0.25, -0.2) is 0 Å². The number of hydrogen-bond donors (Lipinski definition) is 0. The average molecular weight is 495 g/mol. The molecule has 0 fully saturated rings. The fourth-order valence-electron chi connectivity index (χ4n) is 3.61. The molecule has 0 unspecified atom stereocenters. The maximum atomic E-state index is 10.5. The monoisotopic (exact) mass is 494 g/mol. The van der Waals surface area contributed by atoms with Crippen molar-refractivity contribution >= 4 is 11.9 Å². The van der Waals surface area contributed by atoms with Crippen molar-refractivity contribution < 1.29 is 19.1 Å². The average Bonchev–Trinajstić information content (AvgIpc) is 2.83. The minimum atomic E-state index is -0.171. The number of hydrogen-bond acceptors (Lipinski definition) is 4. The lowest BCUT2D eigenvalue weighted by atomic mass is 10.1. The van der Waals surface area contributed by atoms with Crippen LogP contribution in [0, 0.1) is 0 Å². The number of esters is 2. The van der Waals surface area contributed by atoms with E-state index < -0.39 is 0 Å². The van der Waals surface area contributed by atoms with Crippen LogP contribution in [0.3, 0.4) is 0 Å². The third-order valence-electron chi connectivity index (χ3n) is 5.68. The zero-order valence-corrected chi connectivity index (χ0v) is 23.8. The van der Waals surface area contributed by atoms with E-state index in [9.17, 15) is 9.59 Å². The van der Waals surface area contributed by atoms with Gasteiger partial charge < -0.3 is 9.47 Å². The summed E-state index contributed by atoms with van der Waals surface area (Å²) in [6.07, 6.45) is 32.9. The van der Waals surface area contributed by atoms with Gasteiger partial charge in [-0.15, -0.1) is 0 Å². The van der Waals surface area contributed by atoms with Crippen LogP contribution in [0.5, 0.6) is 0 Å². The molecule has 0 aromatic heterocycles. The van der Waals surface area contributed by atoms with E-state index >= 15 is 0 Å². The van der Waals surface area contributed by atoms with E-state index in [1.54, 1.807) is 0 Å². The Morgan fingerprint density at radius 3 is 1.26 bits per heavy atom. The van der Waals surface area contributed by atoms with Gasteiger partial charge in [-0.3, -0.25) is 9.59 Å². The zero-order valence-electron chi connectivity index (χ0n) is 23.8. The third-order valence-corrected chi connectivity index (χ3v) is 5.68. The Hall–Kier alpha value is -1.58. The summed E-state index contributed by atoms with van der Waals surface area (Å²) in [5.41, 5.74) is 0. The molecule has 35 heavy (non-hydrogen) atoms. The van der Waals surface area contributed by atoms with Crippen LogP contribution >= 0.6 is 0 Å². The van der Waals surface area contributed by atoms with Gasteiger partial charge in [0.25, 0.3) is 0 Å². The number of unbranched alkanes of at least 4 members (excludes halogenated alkanes) is 15. The second-order valence-corrected chi connectivity index (χ2v) is 9.35. The van der Waals surface area contributed by atoms with Crippen LogP contribution < -0.4 is 0 Å². The first-order valence-electron chi connectivity index (χ1n) is 14.6. The Labute approximate surface area is 218 Å². The highest BCUT2D eigenvalue weighted by Crippen LogP contribution is 2.10. The van der Waals surface area contributed by atoms with Crippen molar-refractivity contribution in [2.24, 2.45) is 0 Å². The van der Waals surface area contributed by atoms with E-state index in [-0.39, 0.29) is 11.9 Å². The maximum absolute atomic E-state index is 10.5. The summed E-state index contributed by atoms with van der Waals surface area (Å²) in [5.74, 6) is -0.338. The van der Waals surface area contributed by atoms with Crippen molar-refractivity contribution in [3.63, 3.8) is 0 Å². The van der Waals surface area contributed by atoms with Crippen LogP contribution in [-0.4, -0.2) is 25.2 Å². The topological polar surface area (TPSA) is 52.6 Å². The van der Waals surface area contributed by atoms with Crippen LogP contribution in [0.25, 0.3) is 0 Å². The van der Waals surface area contributed by atoms with E-state index in [2.05, 4.69) is 38.2 Å². The molecule has 0 aliphatic carbocycles. The summed E-state index contributed by atoms with van der Waals surface area (Å²) < 4.78 is 9.74. The van der Waals surface area contributed by atoms with E-state index in [1.807, 2.05) is 0 Å². The van der Waals surface area contributed by atoms with Crippen molar-refractivity contribution in [3.8, 4) is 0 Å². The van der Waals surface area contributed by atoms with Crippen LogP contribution in [0.2, 0.25) is 0 Å². The predicted molar refractivity (Wildman–Crippen MR) is 151 cm³/mol. The van der Waals surface area contributed by atoms with Gasteiger partial charge in [-0.05, 0) is 57.8 Å². The molecule has 0 saturated heterocycles.